The van der Waals surface area contributed by atoms with Gasteiger partial charge in [-0.3, -0.25) is 0 Å². The molecule has 0 heterocycles. The van der Waals surface area contributed by atoms with Crippen molar-refractivity contribution in [1.82, 2.24) is 0 Å². The summed E-state index contributed by atoms with van der Waals surface area (Å²) in [5.74, 6) is 0. The summed E-state index contributed by atoms with van der Waals surface area (Å²) in [5.41, 5.74) is 0. The summed E-state index contributed by atoms with van der Waals surface area (Å²) in [7, 11) is 0. The monoisotopic (exact) mass is 212 g/mol. The predicted molar refractivity (Wildman–Crippen MR) is 37.9 cm³/mol. The Balaban J connectivity index is 3.69. The van der Waals surface area contributed by atoms with E-state index in [1.165, 1.54) is 0 Å². The molecule has 10 nitrogen and oxygen atoms in total. The first-order valence-corrected chi connectivity index (χ1v) is 3.34. The lowest BCUT2D eigenvalue weighted by molar-refractivity contribution is -0.763. The molecule has 0 radical (unpaired) electrons. The van der Waals surface area contributed by atoms with E-state index in [0.29, 0.717) is 0 Å². The van der Waals surface area contributed by atoms with Crippen LogP contribution in [-0.4, -0.2) is 45.8 Å². The van der Waals surface area contributed by atoms with Crippen LogP contribution in [0, 0.1) is 20.2 Å². The molecule has 0 bridgehead atoms. The van der Waals surface area contributed by atoms with E-state index in [1.54, 1.807) is 0 Å². The summed E-state index contributed by atoms with van der Waals surface area (Å²) in [6, 6.07) is 0. The zero-order chi connectivity index (χ0) is 11.1. The van der Waals surface area contributed by atoms with Crippen LogP contribution in [0.15, 0.2) is 0 Å². The average Bonchev–Trinajstić information content (AvgIpc) is 2.09. The molecule has 2 atom stereocenters. The van der Waals surface area contributed by atoms with E-state index >= 15 is 0 Å². The molecule has 82 valence electrons. The van der Waals surface area contributed by atoms with Gasteiger partial charge >= 0.3 is 0 Å². The Morgan fingerprint density at radius 2 is 1.29 bits per heavy atom. The Hall–Kier alpha value is -1.68. The van der Waals surface area contributed by atoms with Crippen molar-refractivity contribution in [3.8, 4) is 0 Å². The second-order valence-electron chi connectivity index (χ2n) is 2.17. The van der Waals surface area contributed by atoms with Crippen LogP contribution < -0.4 is 0 Å². The van der Waals surface area contributed by atoms with Crippen molar-refractivity contribution in [3.63, 3.8) is 0 Å². The molecule has 0 unspecified atom stereocenters. The van der Waals surface area contributed by atoms with Crippen molar-refractivity contribution in [2.75, 3.05) is 13.2 Å². The van der Waals surface area contributed by atoms with Gasteiger partial charge in [-0.05, 0) is 0 Å². The normalized spacial score (nSPS) is 14.1. The highest BCUT2D eigenvalue weighted by atomic mass is 17.0. The van der Waals surface area contributed by atoms with Crippen molar-refractivity contribution < 1.29 is 30.1 Å². The lowest BCUT2D eigenvalue weighted by Gasteiger charge is -2.14. The lowest BCUT2D eigenvalue weighted by atomic mass is 10.2. The summed E-state index contributed by atoms with van der Waals surface area (Å²) >= 11 is 0. The van der Waals surface area contributed by atoms with Crippen molar-refractivity contribution in [3.05, 3.63) is 20.2 Å². The zero-order valence-electron chi connectivity index (χ0n) is 6.81. The van der Waals surface area contributed by atoms with Crippen molar-refractivity contribution in [2.24, 2.45) is 0 Å². The van der Waals surface area contributed by atoms with E-state index in [0.717, 1.165) is 0 Å². The van der Waals surface area contributed by atoms with Crippen LogP contribution in [0.1, 0.15) is 0 Å². The van der Waals surface area contributed by atoms with Crippen LogP contribution in [0.3, 0.4) is 0 Å². The molecular weight excluding hydrogens is 204 g/mol. The van der Waals surface area contributed by atoms with Crippen molar-refractivity contribution in [2.45, 2.75) is 12.2 Å². The quantitative estimate of drug-likeness (QED) is 0.368. The molecule has 0 saturated carbocycles. The van der Waals surface area contributed by atoms with Gasteiger partial charge in [-0.2, -0.15) is 0 Å². The maximum atomic E-state index is 9.64. The maximum absolute atomic E-state index is 9.64. The van der Waals surface area contributed by atoms with Gasteiger partial charge in [0.1, 0.15) is 25.4 Å². The third-order valence-electron chi connectivity index (χ3n) is 1.15. The van der Waals surface area contributed by atoms with E-state index in [2.05, 4.69) is 9.68 Å². The molecular formula is C4H8N2O8. The van der Waals surface area contributed by atoms with Crippen LogP contribution in [0.4, 0.5) is 0 Å². The number of hydrogen-bond acceptors (Lipinski definition) is 8. The molecule has 0 spiro atoms. The standard InChI is InChI=1S/C4H8N2O8/c7-3(1-13-5(9)10)4(8)2-14-6(11)12/h3-4,7-8H,1-2H2/t3-,4+. The molecule has 0 aromatic carbocycles. The van der Waals surface area contributed by atoms with Crippen LogP contribution >= 0.6 is 0 Å². The first kappa shape index (κ1) is 12.3. The minimum atomic E-state index is -1.62. The summed E-state index contributed by atoms with van der Waals surface area (Å²) in [6.45, 7) is -1.56. The molecule has 0 saturated heterocycles. The minimum Gasteiger partial charge on any atom is -0.388 e. The SMILES string of the molecule is O=[N+]([O-])OC[C@@H](O)[C@@H](O)CO[N+](=O)[O-]. The highest BCUT2D eigenvalue weighted by Crippen LogP contribution is 1.96. The van der Waals surface area contributed by atoms with E-state index in [9.17, 15) is 20.2 Å². The summed E-state index contributed by atoms with van der Waals surface area (Å²) in [5, 5.41) is 34.8. The third kappa shape index (κ3) is 5.91. The largest absolute Gasteiger partial charge is 0.388 e. The molecule has 0 aliphatic carbocycles. The molecule has 0 aliphatic rings. The second kappa shape index (κ2) is 5.88. The van der Waals surface area contributed by atoms with Gasteiger partial charge in [-0.15, -0.1) is 20.2 Å². The Labute approximate surface area is 76.9 Å². The van der Waals surface area contributed by atoms with Crippen LogP contribution in [0.5, 0.6) is 0 Å². The number of aliphatic hydroxyl groups excluding tert-OH is 2. The summed E-state index contributed by atoms with van der Waals surface area (Å²) in [6.07, 6.45) is -3.25. The van der Waals surface area contributed by atoms with Crippen molar-refractivity contribution in [1.29, 1.82) is 0 Å². The molecule has 0 amide bonds. The molecule has 0 aliphatic heterocycles. The Kier molecular flexibility index (Phi) is 5.17. The zero-order valence-corrected chi connectivity index (χ0v) is 6.81. The van der Waals surface area contributed by atoms with Gasteiger partial charge in [0, 0.05) is 0 Å². The van der Waals surface area contributed by atoms with Gasteiger partial charge in [-0.1, -0.05) is 0 Å². The van der Waals surface area contributed by atoms with Gasteiger partial charge in [0.05, 0.1) is 0 Å². The molecule has 0 aromatic rings. The Bertz CT molecular complexity index is 186. The summed E-state index contributed by atoms with van der Waals surface area (Å²) < 4.78 is 0. The van der Waals surface area contributed by atoms with Crippen molar-refractivity contribution >= 4 is 0 Å². The highest BCUT2D eigenvalue weighted by molar-refractivity contribution is 4.63. The Morgan fingerprint density at radius 3 is 1.50 bits per heavy atom. The van der Waals surface area contributed by atoms with Gasteiger partial charge in [-0.25, -0.2) is 0 Å². The molecule has 0 aromatic heterocycles. The minimum absolute atomic E-state index is 0.782. The smallest absolute Gasteiger partial charge is 0.294 e. The van der Waals surface area contributed by atoms with E-state index in [-0.39, 0.29) is 0 Å². The average molecular weight is 212 g/mol. The van der Waals surface area contributed by atoms with Gasteiger partial charge in [0.25, 0.3) is 10.2 Å². The van der Waals surface area contributed by atoms with Gasteiger partial charge in [0.2, 0.25) is 0 Å². The van der Waals surface area contributed by atoms with E-state index in [1.807, 2.05) is 0 Å². The van der Waals surface area contributed by atoms with E-state index < -0.39 is 35.6 Å². The number of hydrogen-bond donors (Lipinski definition) is 2. The lowest BCUT2D eigenvalue weighted by Crippen LogP contribution is -2.35. The molecule has 0 rings (SSSR count). The first-order valence-electron chi connectivity index (χ1n) is 3.34. The van der Waals surface area contributed by atoms with Crippen LogP contribution in [-0.2, 0) is 9.68 Å². The number of nitrogens with zero attached hydrogens (tertiary/aromatic N) is 2. The summed E-state index contributed by atoms with van der Waals surface area (Å²) in [4.78, 5) is 26.7. The number of aliphatic hydroxyl groups is 2. The molecule has 10 heteroatoms. The topological polar surface area (TPSA) is 145 Å². The second-order valence-corrected chi connectivity index (χ2v) is 2.17. The fourth-order valence-corrected chi connectivity index (χ4v) is 0.497. The fraction of sp³-hybridized carbons (Fsp3) is 1.00. The predicted octanol–water partition coefficient (Wildman–Crippen LogP) is -1.88. The molecule has 0 fully saturated rings. The Morgan fingerprint density at radius 1 is 1.00 bits per heavy atom. The molecule has 2 N–H and O–H groups in total. The van der Waals surface area contributed by atoms with Crippen LogP contribution in [0.25, 0.3) is 0 Å². The van der Waals surface area contributed by atoms with Gasteiger partial charge < -0.3 is 19.9 Å². The fourth-order valence-electron chi connectivity index (χ4n) is 0.497. The van der Waals surface area contributed by atoms with Crippen LogP contribution in [0.2, 0.25) is 0 Å². The highest BCUT2D eigenvalue weighted by Gasteiger charge is 2.19. The first-order chi connectivity index (χ1) is 6.43. The van der Waals surface area contributed by atoms with E-state index in [4.69, 9.17) is 10.2 Å². The third-order valence-corrected chi connectivity index (χ3v) is 1.15. The number of rotatable bonds is 7. The molecule has 14 heavy (non-hydrogen) atoms. The van der Waals surface area contributed by atoms with Gasteiger partial charge in [0.15, 0.2) is 0 Å². The maximum Gasteiger partial charge on any atom is 0.294 e.